The third-order valence-electron chi connectivity index (χ3n) is 3.21. The van der Waals surface area contributed by atoms with Gasteiger partial charge in [0, 0.05) is 28.4 Å². The van der Waals surface area contributed by atoms with E-state index < -0.39 is 0 Å². The molecular formula is C17H17ClFNO2S. The number of ether oxygens (including phenoxy) is 1. The molecule has 0 atom stereocenters. The molecule has 0 aliphatic carbocycles. The summed E-state index contributed by atoms with van der Waals surface area (Å²) < 4.78 is 18.8. The molecule has 2 aromatic rings. The smallest absolute Gasteiger partial charge is 0.230 e. The highest BCUT2D eigenvalue weighted by Gasteiger charge is 2.09. The minimum atomic E-state index is -0.348. The van der Waals surface area contributed by atoms with Gasteiger partial charge < -0.3 is 10.1 Å². The van der Waals surface area contributed by atoms with Crippen LogP contribution >= 0.6 is 23.4 Å². The van der Waals surface area contributed by atoms with Crippen molar-refractivity contribution in [3.63, 3.8) is 0 Å². The van der Waals surface area contributed by atoms with Crippen molar-refractivity contribution in [1.29, 1.82) is 0 Å². The third kappa shape index (κ3) is 5.15. The summed E-state index contributed by atoms with van der Waals surface area (Å²) in [6.45, 7) is 0.393. The van der Waals surface area contributed by atoms with Gasteiger partial charge in [-0.25, -0.2) is 4.39 Å². The number of carbonyl (C=O) groups excluding carboxylic acids is 1. The van der Waals surface area contributed by atoms with E-state index in [-0.39, 0.29) is 17.5 Å². The number of methoxy groups -OCH3 is 1. The average Bonchev–Trinajstić information content (AvgIpc) is 2.56. The van der Waals surface area contributed by atoms with Crippen molar-refractivity contribution < 1.29 is 13.9 Å². The minimum absolute atomic E-state index is 0.117. The maximum absolute atomic E-state index is 13.6. The molecule has 2 aromatic carbocycles. The van der Waals surface area contributed by atoms with E-state index in [1.54, 1.807) is 19.2 Å². The Morgan fingerprint density at radius 3 is 2.78 bits per heavy atom. The van der Waals surface area contributed by atoms with E-state index in [4.69, 9.17) is 16.3 Å². The molecule has 23 heavy (non-hydrogen) atoms. The summed E-state index contributed by atoms with van der Waals surface area (Å²) >= 11 is 7.27. The quantitative estimate of drug-likeness (QED) is 0.816. The topological polar surface area (TPSA) is 38.3 Å². The molecule has 0 aromatic heterocycles. The lowest BCUT2D eigenvalue weighted by molar-refractivity contribution is -0.118. The summed E-state index contributed by atoms with van der Waals surface area (Å²) in [6.07, 6.45) is 0. The molecule has 0 bridgehead atoms. The van der Waals surface area contributed by atoms with E-state index in [1.165, 1.54) is 17.8 Å². The lowest BCUT2D eigenvalue weighted by atomic mass is 10.2. The second-order valence-electron chi connectivity index (χ2n) is 4.78. The fraction of sp³-hybridized carbons (Fsp3) is 0.235. The lowest BCUT2D eigenvalue weighted by Crippen LogP contribution is -2.24. The summed E-state index contributed by atoms with van der Waals surface area (Å²) in [5, 5.41) is 3.20. The first-order chi connectivity index (χ1) is 11.1. The number of rotatable bonds is 7. The van der Waals surface area contributed by atoms with Crippen molar-refractivity contribution in [2.24, 2.45) is 0 Å². The lowest BCUT2D eigenvalue weighted by Gasteiger charge is -2.10. The van der Waals surface area contributed by atoms with Crippen LogP contribution in [0.25, 0.3) is 0 Å². The van der Waals surface area contributed by atoms with Crippen LogP contribution in [0.1, 0.15) is 11.1 Å². The van der Waals surface area contributed by atoms with Gasteiger partial charge in [-0.15, -0.1) is 11.8 Å². The minimum Gasteiger partial charge on any atom is -0.496 e. The second kappa shape index (κ2) is 8.79. The van der Waals surface area contributed by atoms with E-state index in [0.29, 0.717) is 22.9 Å². The largest absolute Gasteiger partial charge is 0.496 e. The zero-order valence-corrected chi connectivity index (χ0v) is 14.2. The van der Waals surface area contributed by atoms with Crippen molar-refractivity contribution >= 4 is 29.3 Å². The molecule has 3 nitrogen and oxygen atoms in total. The summed E-state index contributed by atoms with van der Waals surface area (Å²) in [7, 11) is 1.59. The number of halogens is 2. The number of thioether (sulfide) groups is 1. The third-order valence-corrected chi connectivity index (χ3v) is 4.52. The molecule has 0 saturated heterocycles. The Labute approximate surface area is 144 Å². The van der Waals surface area contributed by atoms with Crippen molar-refractivity contribution in [1.82, 2.24) is 5.32 Å². The van der Waals surface area contributed by atoms with Gasteiger partial charge in [0.2, 0.25) is 5.91 Å². The molecule has 0 unspecified atom stereocenters. The van der Waals surface area contributed by atoms with Crippen LogP contribution in [0.4, 0.5) is 4.39 Å². The Hall–Kier alpha value is -1.72. The molecule has 0 fully saturated rings. The van der Waals surface area contributed by atoms with Gasteiger partial charge in [-0.3, -0.25) is 4.79 Å². The first kappa shape index (κ1) is 17.6. The predicted molar refractivity (Wildman–Crippen MR) is 92.4 cm³/mol. The molecule has 6 heteroatoms. The summed E-state index contributed by atoms with van der Waals surface area (Å²) in [6, 6.07) is 12.1. The van der Waals surface area contributed by atoms with Crippen LogP contribution in [-0.2, 0) is 17.1 Å². The van der Waals surface area contributed by atoms with Gasteiger partial charge in [-0.2, -0.15) is 0 Å². The number of hydrogen-bond donors (Lipinski definition) is 1. The molecular weight excluding hydrogens is 337 g/mol. The van der Waals surface area contributed by atoms with Crippen LogP contribution in [0.3, 0.4) is 0 Å². The number of carbonyl (C=O) groups is 1. The molecule has 0 heterocycles. The van der Waals surface area contributed by atoms with Crippen LogP contribution in [0, 0.1) is 5.82 Å². The molecule has 0 aliphatic rings. The molecule has 0 aliphatic heterocycles. The molecule has 0 radical (unpaired) electrons. The van der Waals surface area contributed by atoms with Crippen LogP contribution in [0.15, 0.2) is 42.5 Å². The summed E-state index contributed by atoms with van der Waals surface area (Å²) in [4.78, 5) is 11.9. The van der Waals surface area contributed by atoms with Gasteiger partial charge in [0.15, 0.2) is 0 Å². The average molecular weight is 354 g/mol. The van der Waals surface area contributed by atoms with Crippen LogP contribution in [0.5, 0.6) is 5.75 Å². The van der Waals surface area contributed by atoms with Crippen molar-refractivity contribution in [3.05, 3.63) is 64.4 Å². The number of para-hydroxylation sites is 1. The number of hydrogen-bond acceptors (Lipinski definition) is 3. The normalized spacial score (nSPS) is 10.4. The summed E-state index contributed by atoms with van der Waals surface area (Å²) in [5.74, 6) is 0.860. The zero-order chi connectivity index (χ0) is 16.7. The predicted octanol–water partition coefficient (Wildman–Crippen LogP) is 4.04. The van der Waals surface area contributed by atoms with Crippen LogP contribution < -0.4 is 10.1 Å². The Kier molecular flexibility index (Phi) is 6.74. The molecule has 122 valence electrons. The highest BCUT2D eigenvalue weighted by Crippen LogP contribution is 2.23. The molecule has 1 amide bonds. The van der Waals surface area contributed by atoms with E-state index in [9.17, 15) is 9.18 Å². The number of benzene rings is 2. The second-order valence-corrected chi connectivity index (χ2v) is 6.17. The Bertz CT molecular complexity index is 661. The maximum Gasteiger partial charge on any atom is 0.230 e. The number of nitrogens with one attached hydrogen (secondary N) is 1. The highest BCUT2D eigenvalue weighted by molar-refractivity contribution is 7.99. The van der Waals surface area contributed by atoms with E-state index in [1.807, 2.05) is 24.3 Å². The standard InChI is InChI=1S/C17H17ClFNO2S/c1-22-16-8-3-2-5-12(16)9-20-17(21)11-23-10-13-14(18)6-4-7-15(13)19/h2-8H,9-11H2,1H3,(H,20,21). The van der Waals surface area contributed by atoms with E-state index >= 15 is 0 Å². The fourth-order valence-corrected chi connectivity index (χ4v) is 3.21. The van der Waals surface area contributed by atoms with Crippen LogP contribution in [0.2, 0.25) is 5.02 Å². The van der Waals surface area contributed by atoms with Crippen molar-refractivity contribution in [2.75, 3.05) is 12.9 Å². The molecule has 0 spiro atoms. The van der Waals surface area contributed by atoms with Crippen molar-refractivity contribution in [3.8, 4) is 5.75 Å². The Balaban J connectivity index is 1.79. The highest BCUT2D eigenvalue weighted by atomic mass is 35.5. The van der Waals surface area contributed by atoms with Gasteiger partial charge in [0.05, 0.1) is 12.9 Å². The van der Waals surface area contributed by atoms with Gasteiger partial charge in [0.25, 0.3) is 0 Å². The molecule has 1 N–H and O–H groups in total. The maximum atomic E-state index is 13.6. The first-order valence-electron chi connectivity index (χ1n) is 7.01. The first-order valence-corrected chi connectivity index (χ1v) is 8.54. The Morgan fingerprint density at radius 1 is 1.26 bits per heavy atom. The molecule has 2 rings (SSSR count). The number of amides is 1. The zero-order valence-electron chi connectivity index (χ0n) is 12.6. The molecule has 0 saturated carbocycles. The van der Waals surface area contributed by atoms with Crippen LogP contribution in [-0.4, -0.2) is 18.8 Å². The van der Waals surface area contributed by atoms with Gasteiger partial charge >= 0.3 is 0 Å². The van der Waals surface area contributed by atoms with Crippen molar-refractivity contribution in [2.45, 2.75) is 12.3 Å². The van der Waals surface area contributed by atoms with E-state index in [2.05, 4.69) is 5.32 Å². The summed E-state index contributed by atoms with van der Waals surface area (Å²) in [5.41, 5.74) is 1.34. The van der Waals surface area contributed by atoms with E-state index in [0.717, 1.165) is 11.3 Å². The van der Waals surface area contributed by atoms with Gasteiger partial charge in [-0.1, -0.05) is 35.9 Å². The van der Waals surface area contributed by atoms with Gasteiger partial charge in [0.1, 0.15) is 11.6 Å². The monoisotopic (exact) mass is 353 g/mol. The fourth-order valence-electron chi connectivity index (χ4n) is 2.01. The SMILES string of the molecule is COc1ccccc1CNC(=O)CSCc1c(F)cccc1Cl. The Morgan fingerprint density at radius 2 is 2.04 bits per heavy atom. The van der Waals surface area contributed by atoms with Gasteiger partial charge in [-0.05, 0) is 18.2 Å².